The second-order valence-corrected chi connectivity index (χ2v) is 7.22. The Morgan fingerprint density at radius 2 is 2.00 bits per heavy atom. The lowest BCUT2D eigenvalue weighted by Gasteiger charge is -2.13. The van der Waals surface area contributed by atoms with Gasteiger partial charge in [0.05, 0.1) is 0 Å². The highest BCUT2D eigenvalue weighted by atomic mass is 32.1. The molecule has 0 saturated carbocycles. The highest BCUT2D eigenvalue weighted by Gasteiger charge is 2.23. The Labute approximate surface area is 150 Å². The number of aryl methyl sites for hydroxylation is 2. The average Bonchev–Trinajstić information content (AvgIpc) is 3.16. The van der Waals surface area contributed by atoms with Crippen molar-refractivity contribution in [2.75, 3.05) is 5.32 Å². The summed E-state index contributed by atoms with van der Waals surface area (Å²) in [5.74, 6) is -0.987. The summed E-state index contributed by atoms with van der Waals surface area (Å²) in [4.78, 5) is 37.6. The van der Waals surface area contributed by atoms with Crippen molar-refractivity contribution in [3.8, 4) is 0 Å². The number of ether oxygens (including phenoxy) is 1. The van der Waals surface area contributed by atoms with E-state index in [1.165, 1.54) is 35.6 Å². The highest BCUT2D eigenvalue weighted by molar-refractivity contribution is 7.14. The van der Waals surface area contributed by atoms with Crippen LogP contribution in [-0.2, 0) is 22.4 Å². The van der Waals surface area contributed by atoms with Crippen LogP contribution in [0.1, 0.15) is 50.7 Å². The van der Waals surface area contributed by atoms with Crippen LogP contribution in [0.4, 0.5) is 5.69 Å². The van der Waals surface area contributed by atoms with E-state index < -0.39 is 18.0 Å². The third-order valence-corrected chi connectivity index (χ3v) is 5.35. The third kappa shape index (κ3) is 3.96. The van der Waals surface area contributed by atoms with Crippen LogP contribution < -0.4 is 5.32 Å². The minimum Gasteiger partial charge on any atom is -0.448 e. The van der Waals surface area contributed by atoms with Crippen LogP contribution in [0.25, 0.3) is 0 Å². The van der Waals surface area contributed by atoms with E-state index in [0.29, 0.717) is 16.1 Å². The van der Waals surface area contributed by atoms with E-state index >= 15 is 0 Å². The maximum atomic E-state index is 12.2. The molecule has 0 fully saturated rings. The second kappa shape index (κ2) is 7.19. The van der Waals surface area contributed by atoms with Gasteiger partial charge in [0.15, 0.2) is 11.9 Å². The Bertz CT molecular complexity index is 818. The fourth-order valence-electron chi connectivity index (χ4n) is 2.76. The van der Waals surface area contributed by atoms with E-state index in [1.807, 2.05) is 6.07 Å². The molecular weight excluding hydrogens is 338 g/mol. The lowest BCUT2D eigenvalue weighted by molar-refractivity contribution is -0.123. The van der Waals surface area contributed by atoms with Gasteiger partial charge in [0.1, 0.15) is 4.88 Å². The number of ketones is 1. The fraction of sp³-hybridized carbons (Fsp3) is 0.316. The molecule has 0 aliphatic heterocycles. The zero-order valence-corrected chi connectivity index (χ0v) is 14.9. The molecule has 1 atom stereocenters. The van der Waals surface area contributed by atoms with Gasteiger partial charge in [-0.15, -0.1) is 11.3 Å². The van der Waals surface area contributed by atoms with Crippen LogP contribution in [-0.4, -0.2) is 23.8 Å². The molecule has 1 amide bonds. The van der Waals surface area contributed by atoms with Gasteiger partial charge < -0.3 is 10.1 Å². The van der Waals surface area contributed by atoms with Crippen molar-refractivity contribution in [3.05, 3.63) is 51.2 Å². The van der Waals surface area contributed by atoms with Gasteiger partial charge in [0, 0.05) is 16.1 Å². The topological polar surface area (TPSA) is 72.5 Å². The van der Waals surface area contributed by atoms with Gasteiger partial charge in [-0.2, -0.15) is 0 Å². The summed E-state index contributed by atoms with van der Waals surface area (Å²) in [7, 11) is 0. The Kier molecular flexibility index (Phi) is 4.99. The number of Topliss-reactive ketones (excluding diaryl/α,β-unsaturated/α-hetero) is 1. The van der Waals surface area contributed by atoms with E-state index in [9.17, 15) is 14.4 Å². The SMILES string of the molecule is CC(=O)c1cccc(NC(=O)C(C)OC(=O)c2cc3c(s2)CCC3)c1. The number of rotatable bonds is 5. The smallest absolute Gasteiger partial charge is 0.349 e. The molecule has 2 aromatic rings. The first-order valence-corrected chi connectivity index (χ1v) is 9.00. The summed E-state index contributed by atoms with van der Waals surface area (Å²) in [5.41, 5.74) is 2.22. The number of carbonyl (C=O) groups is 3. The molecule has 0 radical (unpaired) electrons. The zero-order valence-electron chi connectivity index (χ0n) is 14.1. The predicted molar refractivity (Wildman–Crippen MR) is 96.3 cm³/mol. The van der Waals surface area contributed by atoms with E-state index in [0.717, 1.165) is 19.3 Å². The van der Waals surface area contributed by atoms with Crippen LogP contribution in [0.15, 0.2) is 30.3 Å². The molecule has 130 valence electrons. The molecule has 0 spiro atoms. The number of esters is 1. The van der Waals surface area contributed by atoms with E-state index in [4.69, 9.17) is 4.74 Å². The first-order valence-electron chi connectivity index (χ1n) is 8.18. The molecule has 3 rings (SSSR count). The summed E-state index contributed by atoms with van der Waals surface area (Å²) < 4.78 is 5.28. The summed E-state index contributed by atoms with van der Waals surface area (Å²) in [6.07, 6.45) is 2.22. The minimum atomic E-state index is -0.926. The Hall–Kier alpha value is -2.47. The standard InChI is InChI=1S/C19H19NO4S/c1-11(21)13-5-3-7-15(9-13)20-18(22)12(2)24-19(23)17-10-14-6-4-8-16(14)25-17/h3,5,7,9-10,12H,4,6,8H2,1-2H3,(H,20,22). The van der Waals surface area contributed by atoms with Crippen molar-refractivity contribution in [1.82, 2.24) is 0 Å². The number of nitrogens with one attached hydrogen (secondary N) is 1. The van der Waals surface area contributed by atoms with Crippen molar-refractivity contribution in [2.24, 2.45) is 0 Å². The maximum absolute atomic E-state index is 12.2. The quantitative estimate of drug-likeness (QED) is 0.655. The monoisotopic (exact) mass is 357 g/mol. The molecule has 1 aliphatic carbocycles. The molecule has 1 heterocycles. The summed E-state index contributed by atoms with van der Waals surface area (Å²) >= 11 is 1.45. The van der Waals surface area contributed by atoms with Gasteiger partial charge in [0.25, 0.3) is 5.91 Å². The van der Waals surface area contributed by atoms with Crippen LogP contribution in [0.5, 0.6) is 0 Å². The summed E-state index contributed by atoms with van der Waals surface area (Å²) in [5, 5.41) is 2.67. The molecule has 25 heavy (non-hydrogen) atoms. The van der Waals surface area contributed by atoms with Crippen LogP contribution in [0.3, 0.4) is 0 Å². The third-order valence-electron chi connectivity index (χ3n) is 4.14. The number of fused-ring (bicyclic) bond motifs is 1. The van der Waals surface area contributed by atoms with Gasteiger partial charge in [-0.3, -0.25) is 9.59 Å². The van der Waals surface area contributed by atoms with Gasteiger partial charge in [-0.25, -0.2) is 4.79 Å². The number of carbonyl (C=O) groups excluding carboxylic acids is 3. The second-order valence-electron chi connectivity index (χ2n) is 6.09. The molecule has 1 aliphatic rings. The average molecular weight is 357 g/mol. The number of amides is 1. The highest BCUT2D eigenvalue weighted by Crippen LogP contribution is 2.31. The molecule has 1 aromatic carbocycles. The minimum absolute atomic E-state index is 0.0821. The summed E-state index contributed by atoms with van der Waals surface area (Å²) in [6.45, 7) is 2.99. The predicted octanol–water partition coefficient (Wildman–Crippen LogP) is 3.62. The van der Waals surface area contributed by atoms with Gasteiger partial charge in [0.2, 0.25) is 0 Å². The lowest BCUT2D eigenvalue weighted by atomic mass is 10.1. The normalized spacial score (nSPS) is 13.8. The summed E-state index contributed by atoms with van der Waals surface area (Å²) in [6, 6.07) is 8.52. The number of thiophene rings is 1. The van der Waals surface area contributed by atoms with Crippen molar-refractivity contribution in [2.45, 2.75) is 39.2 Å². The van der Waals surface area contributed by atoms with E-state index in [2.05, 4.69) is 5.32 Å². The number of hydrogen-bond acceptors (Lipinski definition) is 5. The first kappa shape index (κ1) is 17.4. The van der Waals surface area contributed by atoms with Crippen molar-refractivity contribution >= 4 is 34.7 Å². The van der Waals surface area contributed by atoms with Crippen molar-refractivity contribution in [1.29, 1.82) is 0 Å². The van der Waals surface area contributed by atoms with Crippen molar-refractivity contribution < 1.29 is 19.1 Å². The molecule has 1 unspecified atom stereocenters. The Morgan fingerprint density at radius 3 is 2.72 bits per heavy atom. The van der Waals surface area contributed by atoms with Crippen LogP contribution in [0, 0.1) is 0 Å². The molecule has 0 saturated heterocycles. The lowest BCUT2D eigenvalue weighted by Crippen LogP contribution is -2.29. The van der Waals surface area contributed by atoms with Gasteiger partial charge in [-0.05, 0) is 56.9 Å². The Balaban J connectivity index is 1.61. The molecule has 6 heteroatoms. The molecule has 1 aromatic heterocycles. The Morgan fingerprint density at radius 1 is 1.20 bits per heavy atom. The molecular formula is C19H19NO4S. The zero-order chi connectivity index (χ0) is 18.0. The fourth-order valence-corrected chi connectivity index (χ4v) is 3.90. The van der Waals surface area contributed by atoms with Gasteiger partial charge >= 0.3 is 5.97 Å². The molecule has 0 bridgehead atoms. The van der Waals surface area contributed by atoms with E-state index in [-0.39, 0.29) is 5.78 Å². The van der Waals surface area contributed by atoms with E-state index in [1.54, 1.807) is 24.3 Å². The van der Waals surface area contributed by atoms with Gasteiger partial charge in [-0.1, -0.05) is 12.1 Å². The van der Waals surface area contributed by atoms with Crippen LogP contribution in [0.2, 0.25) is 0 Å². The van der Waals surface area contributed by atoms with Crippen molar-refractivity contribution in [3.63, 3.8) is 0 Å². The van der Waals surface area contributed by atoms with Crippen LogP contribution >= 0.6 is 11.3 Å². The maximum Gasteiger partial charge on any atom is 0.349 e. The molecule has 1 N–H and O–H groups in total. The number of benzene rings is 1. The largest absolute Gasteiger partial charge is 0.448 e. The number of anilines is 1. The number of hydrogen-bond donors (Lipinski definition) is 1. The molecule has 5 nitrogen and oxygen atoms in total. The first-order chi connectivity index (χ1) is 11.9.